The molecule has 0 aromatic heterocycles. The fourth-order valence-electron chi connectivity index (χ4n) is 1.07. The number of alkyl halides is 3. The summed E-state index contributed by atoms with van der Waals surface area (Å²) in [6.45, 7) is 0. The molecule has 7 heteroatoms. The van der Waals surface area contributed by atoms with Crippen LogP contribution in [0, 0.1) is 5.41 Å². The first-order valence-corrected chi connectivity index (χ1v) is 4.14. The number of halogens is 3. The number of carbonyl (C=O) groups is 1. The predicted octanol–water partition coefficient (Wildman–Crippen LogP) is 1.54. The summed E-state index contributed by atoms with van der Waals surface area (Å²) < 4.78 is 37.2. The Morgan fingerprint density at radius 2 is 1.75 bits per heavy atom. The Morgan fingerprint density at radius 3 is 2.12 bits per heavy atom. The molecule has 0 aliphatic heterocycles. The van der Waals surface area contributed by atoms with Crippen LogP contribution in [0.15, 0.2) is 30.3 Å². The van der Waals surface area contributed by atoms with E-state index in [0.717, 1.165) is 0 Å². The van der Waals surface area contributed by atoms with Crippen LogP contribution in [0.4, 0.5) is 13.2 Å². The summed E-state index contributed by atoms with van der Waals surface area (Å²) in [5.74, 6) is -2.73. The third kappa shape index (κ3) is 2.50. The molecule has 1 aromatic rings. The third-order valence-corrected chi connectivity index (χ3v) is 1.72. The Morgan fingerprint density at radius 1 is 1.25 bits per heavy atom. The lowest BCUT2D eigenvalue weighted by atomic mass is 10.2. The molecule has 0 fully saturated rings. The second-order valence-corrected chi connectivity index (χ2v) is 2.86. The van der Waals surface area contributed by atoms with Crippen LogP contribution in [0.1, 0.15) is 10.4 Å². The monoisotopic (exact) mass is 231 g/mol. The second-order valence-electron chi connectivity index (χ2n) is 2.86. The van der Waals surface area contributed by atoms with Gasteiger partial charge in [-0.25, -0.2) is 0 Å². The summed E-state index contributed by atoms with van der Waals surface area (Å²) in [7, 11) is 0. The van der Waals surface area contributed by atoms with Gasteiger partial charge in [-0.2, -0.15) is 4.90 Å². The molecular weight excluding hydrogens is 223 g/mol. The van der Waals surface area contributed by atoms with E-state index >= 15 is 0 Å². The van der Waals surface area contributed by atoms with E-state index < -0.39 is 23.1 Å². The molecule has 0 heterocycles. The van der Waals surface area contributed by atoms with Crippen molar-refractivity contribution in [1.29, 1.82) is 5.41 Å². The van der Waals surface area contributed by atoms with Crippen LogP contribution in [-0.2, 0) is 0 Å². The van der Waals surface area contributed by atoms with Crippen LogP contribution < -0.4 is 5.73 Å². The summed E-state index contributed by atoms with van der Waals surface area (Å²) in [5.41, 5.74) is 4.54. The van der Waals surface area contributed by atoms with Crippen LogP contribution in [0.3, 0.4) is 0 Å². The van der Waals surface area contributed by atoms with Gasteiger partial charge in [-0.05, 0) is 12.1 Å². The molecule has 1 amide bonds. The molecule has 1 aromatic carbocycles. The molecular formula is C9H8F3N3O. The lowest BCUT2D eigenvalue weighted by Crippen LogP contribution is -2.50. The average Bonchev–Trinajstić information content (AvgIpc) is 2.16. The van der Waals surface area contributed by atoms with Crippen LogP contribution in [0.2, 0.25) is 0 Å². The quantitative estimate of drug-likeness (QED) is 0.437. The lowest BCUT2D eigenvalue weighted by molar-refractivity contribution is -0.200. The van der Waals surface area contributed by atoms with Gasteiger partial charge in [0.25, 0.3) is 5.91 Å². The number of benzene rings is 1. The summed E-state index contributed by atoms with van der Waals surface area (Å²) in [6.07, 6.45) is -5.00. The van der Waals surface area contributed by atoms with Gasteiger partial charge in [-0.1, -0.05) is 18.2 Å². The summed E-state index contributed by atoms with van der Waals surface area (Å²) >= 11 is 0. The fraction of sp³-hybridized carbons (Fsp3) is 0.111. The first-order chi connectivity index (χ1) is 7.34. The minimum Gasteiger partial charge on any atom is -0.369 e. The van der Waals surface area contributed by atoms with Crippen LogP contribution >= 0.6 is 0 Å². The van der Waals surface area contributed by atoms with Gasteiger partial charge in [0.15, 0.2) is 0 Å². The lowest BCUT2D eigenvalue weighted by Gasteiger charge is -2.22. The number of carbonyl (C=O) groups excluding carboxylic acids is 1. The van der Waals surface area contributed by atoms with Gasteiger partial charge in [0.2, 0.25) is 5.96 Å². The zero-order valence-electron chi connectivity index (χ0n) is 7.95. The van der Waals surface area contributed by atoms with E-state index in [9.17, 15) is 18.0 Å². The highest BCUT2D eigenvalue weighted by molar-refractivity contribution is 6.04. The average molecular weight is 231 g/mol. The SMILES string of the molecule is N=C(N)N(C(=O)c1ccccc1)C(F)(F)F. The molecule has 1 rings (SSSR count). The zero-order chi connectivity index (χ0) is 12.3. The molecule has 0 radical (unpaired) electrons. The molecule has 0 saturated carbocycles. The number of hydrogen-bond donors (Lipinski definition) is 2. The molecule has 0 saturated heterocycles. The van der Waals surface area contributed by atoms with E-state index in [4.69, 9.17) is 11.1 Å². The van der Waals surface area contributed by atoms with Crippen molar-refractivity contribution in [2.45, 2.75) is 6.30 Å². The van der Waals surface area contributed by atoms with Crippen molar-refractivity contribution in [2.75, 3.05) is 0 Å². The number of rotatable bonds is 1. The predicted molar refractivity (Wildman–Crippen MR) is 50.6 cm³/mol. The number of nitrogens with zero attached hydrogens (tertiary/aromatic N) is 1. The summed E-state index contributed by atoms with van der Waals surface area (Å²) in [6, 6.07) is 6.82. The van der Waals surface area contributed by atoms with Crippen molar-refractivity contribution >= 4 is 11.9 Å². The van der Waals surface area contributed by atoms with Gasteiger partial charge in [0.05, 0.1) is 0 Å². The zero-order valence-corrected chi connectivity index (χ0v) is 7.95. The van der Waals surface area contributed by atoms with E-state index in [-0.39, 0.29) is 5.56 Å². The topological polar surface area (TPSA) is 70.2 Å². The van der Waals surface area contributed by atoms with Crippen molar-refractivity contribution < 1.29 is 18.0 Å². The maximum atomic E-state index is 12.4. The van der Waals surface area contributed by atoms with Gasteiger partial charge >= 0.3 is 6.30 Å². The number of nitrogens with two attached hydrogens (primary N) is 1. The molecule has 86 valence electrons. The van der Waals surface area contributed by atoms with Crippen molar-refractivity contribution in [3.63, 3.8) is 0 Å². The van der Waals surface area contributed by atoms with E-state index in [1.807, 2.05) is 0 Å². The maximum Gasteiger partial charge on any atom is 0.494 e. The Hall–Kier alpha value is -2.05. The number of amides is 1. The highest BCUT2D eigenvalue weighted by Gasteiger charge is 2.43. The van der Waals surface area contributed by atoms with Gasteiger partial charge in [0.1, 0.15) is 0 Å². The van der Waals surface area contributed by atoms with Crippen molar-refractivity contribution in [3.05, 3.63) is 35.9 Å². The Bertz CT molecular complexity index is 402. The normalized spacial score (nSPS) is 10.9. The van der Waals surface area contributed by atoms with Gasteiger partial charge in [-0.3, -0.25) is 10.2 Å². The molecule has 0 spiro atoms. The standard InChI is InChI=1S/C9H8F3N3O/c10-9(11,12)15(8(13)14)7(16)6-4-2-1-3-5-6/h1-5H,(H3,13,14). The summed E-state index contributed by atoms with van der Waals surface area (Å²) in [5, 5.41) is 6.75. The maximum absolute atomic E-state index is 12.4. The molecule has 0 aliphatic carbocycles. The molecule has 4 nitrogen and oxygen atoms in total. The molecule has 3 N–H and O–H groups in total. The highest BCUT2D eigenvalue weighted by atomic mass is 19.4. The number of nitrogens with one attached hydrogen (secondary N) is 1. The molecule has 16 heavy (non-hydrogen) atoms. The first-order valence-electron chi connectivity index (χ1n) is 4.14. The fourth-order valence-corrected chi connectivity index (χ4v) is 1.07. The number of hydrogen-bond acceptors (Lipinski definition) is 2. The minimum atomic E-state index is -5.00. The molecule has 0 unspecified atom stereocenters. The van der Waals surface area contributed by atoms with E-state index in [0.29, 0.717) is 0 Å². The van der Waals surface area contributed by atoms with Crippen molar-refractivity contribution in [3.8, 4) is 0 Å². The Balaban J connectivity index is 3.07. The van der Waals surface area contributed by atoms with Crippen molar-refractivity contribution in [2.24, 2.45) is 5.73 Å². The second kappa shape index (κ2) is 4.21. The first kappa shape index (κ1) is 12.0. The van der Waals surface area contributed by atoms with Crippen molar-refractivity contribution in [1.82, 2.24) is 4.90 Å². The van der Waals surface area contributed by atoms with Crippen LogP contribution in [-0.4, -0.2) is 23.1 Å². The van der Waals surface area contributed by atoms with Gasteiger partial charge in [-0.15, -0.1) is 13.2 Å². The highest BCUT2D eigenvalue weighted by Crippen LogP contribution is 2.22. The minimum absolute atomic E-state index is 0.185. The Labute approximate surface area is 89.0 Å². The van der Waals surface area contributed by atoms with E-state index in [2.05, 4.69) is 0 Å². The molecule has 0 bridgehead atoms. The third-order valence-electron chi connectivity index (χ3n) is 1.72. The molecule has 0 atom stereocenters. The van der Waals surface area contributed by atoms with Crippen LogP contribution in [0.25, 0.3) is 0 Å². The largest absolute Gasteiger partial charge is 0.494 e. The molecule has 0 aliphatic rings. The summed E-state index contributed by atoms with van der Waals surface area (Å²) in [4.78, 5) is 10.7. The van der Waals surface area contributed by atoms with Crippen LogP contribution in [0.5, 0.6) is 0 Å². The smallest absolute Gasteiger partial charge is 0.369 e. The Kier molecular flexibility index (Phi) is 3.17. The van der Waals surface area contributed by atoms with Gasteiger partial charge < -0.3 is 5.73 Å². The van der Waals surface area contributed by atoms with E-state index in [1.165, 1.54) is 24.3 Å². The number of guanidine groups is 1. The van der Waals surface area contributed by atoms with Gasteiger partial charge in [0, 0.05) is 5.56 Å². The van der Waals surface area contributed by atoms with E-state index in [1.54, 1.807) is 6.07 Å².